The number of hydrazine groups is 3. The van der Waals surface area contributed by atoms with E-state index < -0.39 is 58.8 Å². The van der Waals surface area contributed by atoms with Crippen LogP contribution in [0, 0.1) is 10.1 Å². The fourth-order valence-electron chi connectivity index (χ4n) is 13.2. The van der Waals surface area contributed by atoms with Crippen LogP contribution in [0.4, 0.5) is 5.69 Å². The first-order valence-corrected chi connectivity index (χ1v) is 40.0. The first-order chi connectivity index (χ1) is 60.1. The normalized spacial score (nSPS) is 11.8. The predicted molar refractivity (Wildman–Crippen MR) is 481 cm³/mol. The maximum Gasteiger partial charge on any atom is 0.278 e. The summed E-state index contributed by atoms with van der Waals surface area (Å²) in [6.07, 6.45) is 1.97. The molecule has 5 atom stereocenters. The summed E-state index contributed by atoms with van der Waals surface area (Å²) in [5.74, 6) is 7.73. The molecular formula is C97H98N14O13. The Balaban J connectivity index is 0.000000180. The minimum absolute atomic E-state index is 0.141. The Hall–Kier alpha value is -15.3. The number of nitro groups is 1. The molecule has 14 N–H and O–H groups in total. The van der Waals surface area contributed by atoms with Gasteiger partial charge in [-0.3, -0.25) is 69.5 Å². The van der Waals surface area contributed by atoms with Crippen molar-refractivity contribution in [2.24, 2.45) is 16.8 Å². The highest BCUT2D eigenvalue weighted by Gasteiger charge is 2.29. The number of benzene rings is 13. The number of rotatable bonds is 31. The molecule has 634 valence electrons. The molecule has 0 saturated carbocycles. The largest absolute Gasteiger partial charge is 0.493 e. The van der Waals surface area contributed by atoms with Crippen molar-refractivity contribution in [1.29, 1.82) is 0 Å². The number of amides is 9. The second kappa shape index (κ2) is 46.3. The fourth-order valence-corrected chi connectivity index (χ4v) is 13.2. The number of nitro benzene ring substituents is 1. The Kier molecular flexibility index (Phi) is 34.0. The molecule has 124 heavy (non-hydrogen) atoms. The molecule has 27 nitrogen and oxygen atoms in total. The van der Waals surface area contributed by atoms with Crippen LogP contribution in [0.15, 0.2) is 308 Å². The first kappa shape index (κ1) is 91.0. The van der Waals surface area contributed by atoms with E-state index in [2.05, 4.69) is 58.8 Å². The van der Waals surface area contributed by atoms with Crippen LogP contribution in [-0.2, 0) is 49.7 Å². The number of carbonyl (C=O) groups excluding carboxylic acids is 9. The molecule has 0 bridgehead atoms. The van der Waals surface area contributed by atoms with Crippen LogP contribution < -0.4 is 74.9 Å². The molecule has 0 heterocycles. The van der Waals surface area contributed by atoms with Gasteiger partial charge in [0.05, 0.1) is 36.3 Å². The van der Waals surface area contributed by atoms with Gasteiger partial charge in [-0.15, -0.1) is 0 Å². The average Bonchev–Trinajstić information content (AvgIpc) is 0.814. The zero-order chi connectivity index (χ0) is 88.3. The number of nitrogens with two attached hydrogens (primary N) is 2. The summed E-state index contributed by atoms with van der Waals surface area (Å²) in [5.41, 5.74) is 18.5. The van der Waals surface area contributed by atoms with Crippen molar-refractivity contribution in [3.8, 4) is 11.5 Å². The van der Waals surface area contributed by atoms with Crippen LogP contribution in [0.3, 0.4) is 0 Å². The van der Waals surface area contributed by atoms with Gasteiger partial charge in [0.2, 0.25) is 5.91 Å². The number of hydrazone groups is 1. The lowest BCUT2D eigenvalue weighted by molar-refractivity contribution is -0.385. The SMILES string of the molecule is CC(C)=NNC(=O)[C@H](Cc1ccccc1)NC(=O)c1ccc2ccccc2c1.CNC(=O)CCCOc1cc([N+](=O)[O-])c(C(C)NNC(=O)[C@H](Cc2ccccc2)NC(=O)c2ccc3ccccc3c2)cc1OC.NNC(=O)[C@H](Cc1ccccc1)NC(=O)c1ccc2ccccc2c1.NNC(=O)[C@H](Cc1ccccc1)NC(=O)c1ccc2ccccc2c1. The van der Waals surface area contributed by atoms with Gasteiger partial charge < -0.3 is 36.1 Å². The average molecular weight is 1670 g/mol. The Morgan fingerprint density at radius 2 is 0.718 bits per heavy atom. The van der Waals surface area contributed by atoms with Crippen LogP contribution in [-0.4, -0.2) is 109 Å². The zero-order valence-corrected chi connectivity index (χ0v) is 69.1. The van der Waals surface area contributed by atoms with Gasteiger partial charge in [0.25, 0.3) is 52.9 Å². The molecule has 0 radical (unpaired) electrons. The van der Waals surface area contributed by atoms with Crippen LogP contribution in [0.25, 0.3) is 43.1 Å². The zero-order valence-electron chi connectivity index (χ0n) is 69.1. The lowest BCUT2D eigenvalue weighted by Gasteiger charge is -2.22. The first-order valence-electron chi connectivity index (χ1n) is 40.0. The van der Waals surface area contributed by atoms with Crippen LogP contribution in [0.1, 0.15) is 109 Å². The Morgan fingerprint density at radius 1 is 0.403 bits per heavy atom. The van der Waals surface area contributed by atoms with Gasteiger partial charge in [-0.25, -0.2) is 22.5 Å². The number of hydrogen-bond donors (Lipinski definition) is 12. The number of ether oxygens (including phenoxy) is 2. The van der Waals surface area contributed by atoms with Crippen molar-refractivity contribution < 1.29 is 57.5 Å². The van der Waals surface area contributed by atoms with Gasteiger partial charge in [0.1, 0.15) is 24.2 Å². The van der Waals surface area contributed by atoms with Crippen molar-refractivity contribution in [3.05, 3.63) is 364 Å². The van der Waals surface area contributed by atoms with E-state index in [0.29, 0.717) is 47.9 Å². The highest BCUT2D eigenvalue weighted by atomic mass is 16.6. The van der Waals surface area contributed by atoms with E-state index in [9.17, 15) is 53.3 Å². The Bertz CT molecular complexity index is 5750. The second-order valence-corrected chi connectivity index (χ2v) is 29.0. The van der Waals surface area contributed by atoms with E-state index in [1.165, 1.54) is 26.3 Å². The molecule has 0 aliphatic carbocycles. The van der Waals surface area contributed by atoms with Gasteiger partial charge >= 0.3 is 0 Å². The van der Waals surface area contributed by atoms with Gasteiger partial charge in [0.15, 0.2) is 11.5 Å². The Labute approximate surface area is 717 Å². The predicted octanol–water partition coefficient (Wildman–Crippen LogP) is 12.4. The molecular weight excluding hydrogens is 1570 g/mol. The van der Waals surface area contributed by atoms with Crippen molar-refractivity contribution in [2.75, 3.05) is 20.8 Å². The van der Waals surface area contributed by atoms with Crippen LogP contribution >= 0.6 is 0 Å². The quantitative estimate of drug-likeness (QED) is 0.00479. The lowest BCUT2D eigenvalue weighted by Crippen LogP contribution is -2.52. The number of nitrogens with zero attached hydrogens (tertiary/aromatic N) is 2. The van der Waals surface area contributed by atoms with Crippen LogP contribution in [0.5, 0.6) is 11.5 Å². The third-order valence-corrected chi connectivity index (χ3v) is 19.8. The standard InChI is InChI=1S/C34H37N5O7.C23H23N3O2.2C20H19N3O2/c1-22(27-20-30(45-3)31(21-29(27)39(43)44)46-17-9-14-32(40)35-2)37-38-34(42)28(18-23-10-5-4-6-11-23)36-33(41)26-16-15-24-12-7-8-13-25(24)19-26;1-16(2)25-26-23(28)21(14-17-8-4-3-5-9-17)24-22(27)20-13-12-18-10-6-7-11-19(18)15-20;2*21-23-20(25)18(12-14-6-2-1-3-7-14)22-19(24)17-11-10-15-8-4-5-9-16(15)13-17/h4-8,10-13,15-16,19-22,28,37H,9,14,17-18H2,1-3H3,(H,35,40)(H,36,41)(H,38,42);3-13,15,21H,14H2,1-2H3,(H,24,27)(H,26,28);2*1-11,13,18H,12,21H2,(H,22,24)(H,23,25)/t22?,28-;21-;2*18-/m0000/s1. The molecule has 9 amide bonds. The molecule has 0 aromatic heterocycles. The molecule has 0 aliphatic heterocycles. The number of methoxy groups -OCH3 is 1. The van der Waals surface area contributed by atoms with Gasteiger partial charge in [0, 0.05) is 67.1 Å². The van der Waals surface area contributed by atoms with E-state index in [0.717, 1.165) is 71.1 Å². The molecule has 1 unspecified atom stereocenters. The summed E-state index contributed by atoms with van der Waals surface area (Å²) in [7, 11) is 2.95. The fraction of sp³-hybridized carbons (Fsp3) is 0.175. The highest BCUT2D eigenvalue weighted by Crippen LogP contribution is 2.38. The molecule has 13 aromatic rings. The van der Waals surface area contributed by atoms with Gasteiger partial charge in [-0.05, 0) is 147 Å². The number of hydrogen-bond acceptors (Lipinski definition) is 17. The molecule has 13 aromatic carbocycles. The van der Waals surface area contributed by atoms with Gasteiger partial charge in [-0.1, -0.05) is 243 Å². The molecule has 27 heteroatoms. The molecule has 0 fully saturated rings. The number of fused-ring (bicyclic) bond motifs is 4. The van der Waals surface area contributed by atoms with E-state index in [4.69, 9.17) is 21.2 Å². The maximum absolute atomic E-state index is 13.5. The Morgan fingerprint density at radius 3 is 1.02 bits per heavy atom. The van der Waals surface area contributed by atoms with Crippen molar-refractivity contribution in [2.45, 2.75) is 89.5 Å². The van der Waals surface area contributed by atoms with Crippen molar-refractivity contribution >= 4 is 108 Å². The van der Waals surface area contributed by atoms with Gasteiger partial charge in [-0.2, -0.15) is 5.10 Å². The third kappa shape index (κ3) is 27.1. The molecule has 13 rings (SSSR count). The topological polar surface area (TPSA) is 400 Å². The number of carbonyl (C=O) groups is 9. The monoisotopic (exact) mass is 1670 g/mol. The van der Waals surface area contributed by atoms with E-state index in [1.807, 2.05) is 261 Å². The highest BCUT2D eigenvalue weighted by molar-refractivity contribution is 6.04. The summed E-state index contributed by atoms with van der Waals surface area (Å²) in [6, 6.07) is 89.4. The molecule has 0 saturated heterocycles. The van der Waals surface area contributed by atoms with Crippen molar-refractivity contribution in [1.82, 2.24) is 53.7 Å². The maximum atomic E-state index is 13.5. The summed E-state index contributed by atoms with van der Waals surface area (Å²) in [5, 5.41) is 37.7. The summed E-state index contributed by atoms with van der Waals surface area (Å²) in [6.45, 7) is 5.38. The van der Waals surface area contributed by atoms with E-state index in [1.54, 1.807) is 51.1 Å². The second-order valence-electron chi connectivity index (χ2n) is 29.0. The van der Waals surface area contributed by atoms with E-state index in [-0.39, 0.29) is 71.7 Å². The van der Waals surface area contributed by atoms with E-state index >= 15 is 0 Å². The lowest BCUT2D eigenvalue weighted by atomic mass is 10.0. The summed E-state index contributed by atoms with van der Waals surface area (Å²) < 4.78 is 11.1. The third-order valence-electron chi connectivity index (χ3n) is 19.8. The minimum Gasteiger partial charge on any atom is -0.493 e. The molecule has 0 spiro atoms. The molecule has 0 aliphatic rings. The summed E-state index contributed by atoms with van der Waals surface area (Å²) in [4.78, 5) is 124. The van der Waals surface area contributed by atoms with Crippen molar-refractivity contribution in [3.63, 3.8) is 0 Å². The number of nitrogens with one attached hydrogen (secondary N) is 10. The summed E-state index contributed by atoms with van der Waals surface area (Å²) >= 11 is 0. The smallest absolute Gasteiger partial charge is 0.278 e. The van der Waals surface area contributed by atoms with Crippen LogP contribution in [0.2, 0.25) is 0 Å². The minimum atomic E-state index is -0.962.